The highest BCUT2D eigenvalue weighted by molar-refractivity contribution is 6.23. The topological polar surface area (TPSA) is 12.5 Å². The number of allylic oxidation sites excluding steroid dienone is 2. The Labute approximate surface area is 346 Å². The van der Waals surface area contributed by atoms with Gasteiger partial charge in [0.2, 0.25) is 0 Å². The lowest BCUT2D eigenvalue weighted by atomic mass is 9.84. The van der Waals surface area contributed by atoms with Crippen LogP contribution in [0.1, 0.15) is 35.4 Å². The number of ether oxygens (including phenoxy) is 1. The van der Waals surface area contributed by atoms with Crippen LogP contribution in [0, 0.1) is 0 Å². The number of fused-ring (bicyclic) bond motifs is 4. The van der Waals surface area contributed by atoms with Gasteiger partial charge in [-0.3, -0.25) is 0 Å². The molecule has 0 spiro atoms. The maximum atomic E-state index is 7.34. The molecule has 2 nitrogen and oxygen atoms in total. The van der Waals surface area contributed by atoms with Crippen LogP contribution >= 0.6 is 0 Å². The van der Waals surface area contributed by atoms with Gasteiger partial charge in [-0.2, -0.15) is 0 Å². The summed E-state index contributed by atoms with van der Waals surface area (Å²) in [5.41, 5.74) is 11.0. The molecule has 0 radical (unpaired) electrons. The van der Waals surface area contributed by atoms with E-state index in [-0.39, 0.29) is 12.0 Å². The second kappa shape index (κ2) is 15.0. The summed E-state index contributed by atoms with van der Waals surface area (Å²) in [5.74, 6) is 2.06. The first-order chi connectivity index (χ1) is 29.3. The fourth-order valence-electron chi connectivity index (χ4n) is 9.70. The third-order valence-corrected chi connectivity index (χ3v) is 12.4. The van der Waals surface area contributed by atoms with Crippen molar-refractivity contribution in [3.05, 3.63) is 229 Å². The summed E-state index contributed by atoms with van der Waals surface area (Å²) >= 11 is 0. The Morgan fingerprint density at radius 1 is 0.542 bits per heavy atom. The summed E-state index contributed by atoms with van der Waals surface area (Å²) in [4.78, 5) is 2.55. The minimum absolute atomic E-state index is 0.172. The highest BCUT2D eigenvalue weighted by atomic mass is 16.5. The first-order valence-corrected chi connectivity index (χ1v) is 20.9. The molecule has 2 atom stereocenters. The zero-order valence-corrected chi connectivity index (χ0v) is 32.8. The molecular formula is C57H43NO. The molecule has 0 aromatic heterocycles. The molecule has 0 fully saturated rings. The van der Waals surface area contributed by atoms with Crippen molar-refractivity contribution in [3.8, 4) is 33.8 Å². The Hall–Kier alpha value is -7.16. The molecule has 0 amide bonds. The quantitative estimate of drug-likeness (QED) is 0.136. The van der Waals surface area contributed by atoms with Gasteiger partial charge in [-0.25, -0.2) is 0 Å². The summed E-state index contributed by atoms with van der Waals surface area (Å²) < 4.78 is 7.34. The first-order valence-electron chi connectivity index (χ1n) is 20.9. The smallest absolute Gasteiger partial charge is 0.143 e. The zero-order chi connectivity index (χ0) is 39.1. The van der Waals surface area contributed by atoms with Crippen LogP contribution in [0.5, 0.6) is 11.5 Å². The van der Waals surface area contributed by atoms with Crippen LogP contribution in [0.4, 0.5) is 11.4 Å². The molecule has 1 heterocycles. The van der Waals surface area contributed by atoms with Gasteiger partial charge in [0.1, 0.15) is 11.5 Å². The van der Waals surface area contributed by atoms with Crippen molar-refractivity contribution in [2.45, 2.75) is 31.2 Å². The molecule has 2 heteroatoms. The molecule has 11 rings (SSSR count). The van der Waals surface area contributed by atoms with E-state index in [4.69, 9.17) is 4.74 Å². The van der Waals surface area contributed by atoms with Crippen molar-refractivity contribution < 1.29 is 4.74 Å². The summed E-state index contributed by atoms with van der Waals surface area (Å²) in [6.45, 7) is 0. The fourth-order valence-corrected chi connectivity index (χ4v) is 9.70. The number of rotatable bonds is 9. The first kappa shape index (κ1) is 35.0. The number of aryl methyl sites for hydroxylation is 1. The van der Waals surface area contributed by atoms with Gasteiger partial charge in [-0.05, 0) is 81.9 Å². The van der Waals surface area contributed by atoms with E-state index in [9.17, 15) is 0 Å². The monoisotopic (exact) mass is 757 g/mol. The molecular weight excluding hydrogens is 715 g/mol. The number of nitrogens with zero attached hydrogens (tertiary/aromatic N) is 1. The van der Waals surface area contributed by atoms with Gasteiger partial charge >= 0.3 is 0 Å². The Morgan fingerprint density at radius 2 is 1.20 bits per heavy atom. The highest BCUT2D eigenvalue weighted by Gasteiger charge is 2.29. The maximum absolute atomic E-state index is 7.34. The highest BCUT2D eigenvalue weighted by Crippen LogP contribution is 2.54. The van der Waals surface area contributed by atoms with Crippen LogP contribution in [0.25, 0.3) is 54.6 Å². The number of anilines is 2. The summed E-state index contributed by atoms with van der Waals surface area (Å²) in [5, 5.41) is 7.19. The van der Waals surface area contributed by atoms with Gasteiger partial charge in [0.05, 0.1) is 11.7 Å². The van der Waals surface area contributed by atoms with Gasteiger partial charge in [0.25, 0.3) is 0 Å². The summed E-state index contributed by atoms with van der Waals surface area (Å²) in [6.07, 6.45) is 11.9. The lowest BCUT2D eigenvalue weighted by Gasteiger charge is -2.35. The molecule has 59 heavy (non-hydrogen) atoms. The van der Waals surface area contributed by atoms with Crippen LogP contribution in [0.3, 0.4) is 0 Å². The van der Waals surface area contributed by atoms with Crippen LogP contribution in [0.2, 0.25) is 0 Å². The van der Waals surface area contributed by atoms with Crippen LogP contribution < -0.4 is 9.64 Å². The lowest BCUT2D eigenvalue weighted by Crippen LogP contribution is -2.30. The summed E-state index contributed by atoms with van der Waals surface area (Å²) in [6, 6.07) is 69.0. The third-order valence-electron chi connectivity index (χ3n) is 12.4. The van der Waals surface area contributed by atoms with Gasteiger partial charge in [0, 0.05) is 44.5 Å². The normalized spacial score (nSPS) is 14.6. The molecule has 1 aliphatic carbocycles. The van der Waals surface area contributed by atoms with E-state index in [1.807, 2.05) is 0 Å². The zero-order valence-electron chi connectivity index (χ0n) is 32.8. The predicted octanol–water partition coefficient (Wildman–Crippen LogP) is 15.4. The van der Waals surface area contributed by atoms with Crippen LogP contribution in [0.15, 0.2) is 212 Å². The van der Waals surface area contributed by atoms with Crippen molar-refractivity contribution in [3.63, 3.8) is 0 Å². The van der Waals surface area contributed by atoms with E-state index in [1.165, 1.54) is 66.1 Å². The standard InChI is InChI=1S/C57H43NO/c1-5-18-39(19-6-1)32-35-45(40-20-7-2-8-21-40)42-34-36-46-47-31-17-22-41-33-37-52(57(54(41)47)59-53(46)38-42)55-48-27-13-15-29-50(48)56(51-30-16-14-28-49(51)55)58(43-23-9-3-10-24-43)44-25-11-4-12-26-44/h1-25,27-31,33-34,36-38,44-45H,26,32,35H2. The minimum atomic E-state index is 0.172. The Balaban J connectivity index is 1.10. The molecule has 9 aromatic rings. The Kier molecular flexibility index (Phi) is 8.89. The fraction of sp³-hybridized carbons (Fsp3) is 0.0877. The summed E-state index contributed by atoms with van der Waals surface area (Å²) in [7, 11) is 0. The number of hydrogen-bond donors (Lipinski definition) is 0. The Morgan fingerprint density at radius 3 is 1.92 bits per heavy atom. The molecule has 2 unspecified atom stereocenters. The van der Waals surface area contributed by atoms with Gasteiger partial charge in [0.15, 0.2) is 0 Å². The van der Waals surface area contributed by atoms with Crippen molar-refractivity contribution in [2.24, 2.45) is 0 Å². The molecule has 1 aliphatic heterocycles. The maximum Gasteiger partial charge on any atom is 0.143 e. The van der Waals surface area contributed by atoms with Crippen molar-refractivity contribution in [2.75, 3.05) is 4.90 Å². The average molecular weight is 758 g/mol. The van der Waals surface area contributed by atoms with Gasteiger partial charge in [-0.15, -0.1) is 0 Å². The van der Waals surface area contributed by atoms with E-state index in [0.717, 1.165) is 47.3 Å². The second-order valence-electron chi connectivity index (χ2n) is 15.8. The Bertz CT molecular complexity index is 3000. The second-order valence-corrected chi connectivity index (χ2v) is 15.8. The average Bonchev–Trinajstić information content (AvgIpc) is 3.31. The number of hydrogen-bond acceptors (Lipinski definition) is 2. The predicted molar refractivity (Wildman–Crippen MR) is 248 cm³/mol. The molecule has 0 bridgehead atoms. The van der Waals surface area contributed by atoms with Crippen molar-refractivity contribution >= 4 is 43.7 Å². The van der Waals surface area contributed by atoms with E-state index in [2.05, 4.69) is 217 Å². The number of benzene rings is 9. The van der Waals surface area contributed by atoms with Gasteiger partial charge in [-0.1, -0.05) is 188 Å². The van der Waals surface area contributed by atoms with E-state index in [0.29, 0.717) is 0 Å². The largest absolute Gasteiger partial charge is 0.455 e. The van der Waals surface area contributed by atoms with E-state index < -0.39 is 0 Å². The molecule has 9 aromatic carbocycles. The van der Waals surface area contributed by atoms with E-state index >= 15 is 0 Å². The van der Waals surface area contributed by atoms with Crippen molar-refractivity contribution in [1.29, 1.82) is 0 Å². The molecule has 0 N–H and O–H groups in total. The third kappa shape index (κ3) is 6.20. The van der Waals surface area contributed by atoms with Crippen LogP contribution in [-0.2, 0) is 6.42 Å². The van der Waals surface area contributed by atoms with Crippen molar-refractivity contribution in [1.82, 2.24) is 0 Å². The van der Waals surface area contributed by atoms with Gasteiger partial charge < -0.3 is 9.64 Å². The van der Waals surface area contributed by atoms with E-state index in [1.54, 1.807) is 0 Å². The molecule has 0 saturated carbocycles. The lowest BCUT2D eigenvalue weighted by molar-refractivity contribution is 0.487. The molecule has 0 saturated heterocycles. The molecule has 2 aliphatic rings. The minimum Gasteiger partial charge on any atom is -0.455 e. The SMILES string of the molecule is C1=CCC(N(c2ccccc2)c2c3ccccc3c(-c3ccc4cccc5c4c3Oc3cc(C(CCc4ccccc4)c4ccccc4)ccc3-5)c3ccccc23)C=C1. The molecule has 282 valence electrons. The van der Waals surface area contributed by atoms with Crippen LogP contribution in [-0.4, -0.2) is 6.04 Å². The number of para-hydroxylation sites is 1.